The minimum Gasteiger partial charge on any atom is -0.358 e. The van der Waals surface area contributed by atoms with E-state index in [9.17, 15) is 13.6 Å². The van der Waals surface area contributed by atoms with Crippen LogP contribution in [0.2, 0.25) is 0 Å². The molecule has 0 aromatic rings. The quantitative estimate of drug-likeness (QED) is 0.788. The highest BCUT2D eigenvalue weighted by Crippen LogP contribution is 2.35. The first-order valence-corrected chi connectivity index (χ1v) is 6.46. The highest BCUT2D eigenvalue weighted by atomic mass is 19.3. The van der Waals surface area contributed by atoms with Crippen LogP contribution in [-0.4, -0.2) is 67.4 Å². The molecular weight excluding hydrogens is 240 g/mol. The largest absolute Gasteiger partial charge is 0.358 e. The fourth-order valence-corrected chi connectivity index (χ4v) is 2.96. The Morgan fingerprint density at radius 3 is 2.50 bits per heavy atom. The molecule has 4 nitrogen and oxygen atoms in total. The van der Waals surface area contributed by atoms with E-state index in [0.29, 0.717) is 0 Å². The van der Waals surface area contributed by atoms with Gasteiger partial charge in [0.25, 0.3) is 5.92 Å². The zero-order valence-electron chi connectivity index (χ0n) is 11.0. The molecule has 0 aromatic heterocycles. The number of nitrogens with one attached hydrogen (secondary N) is 1. The van der Waals surface area contributed by atoms with E-state index in [1.165, 1.54) is 7.05 Å². The van der Waals surface area contributed by atoms with Gasteiger partial charge < -0.3 is 10.2 Å². The van der Waals surface area contributed by atoms with Crippen molar-refractivity contribution in [2.75, 3.05) is 33.7 Å². The van der Waals surface area contributed by atoms with Crippen LogP contribution >= 0.6 is 0 Å². The Morgan fingerprint density at radius 1 is 1.33 bits per heavy atom. The average Bonchev–Trinajstić information content (AvgIpc) is 2.65. The summed E-state index contributed by atoms with van der Waals surface area (Å²) in [6.07, 6.45) is 1.37. The van der Waals surface area contributed by atoms with E-state index in [-0.39, 0.29) is 24.9 Å². The van der Waals surface area contributed by atoms with Gasteiger partial charge in [-0.25, -0.2) is 8.78 Å². The summed E-state index contributed by atoms with van der Waals surface area (Å²) in [5.41, 5.74) is 0. The standard InChI is InChI=1S/C12H21F2N3O/c1-15-11(18)10-7-12(13,14)8-17(10)9-3-5-16(2)6-4-9/h9-10H,3-8H2,1-2H3,(H,15,18)/t10-/m1/s1. The average molecular weight is 261 g/mol. The number of halogens is 2. The zero-order valence-corrected chi connectivity index (χ0v) is 11.0. The Morgan fingerprint density at radius 2 is 1.94 bits per heavy atom. The van der Waals surface area contributed by atoms with Crippen LogP contribution in [0.3, 0.4) is 0 Å². The van der Waals surface area contributed by atoms with E-state index in [4.69, 9.17) is 0 Å². The Hall–Kier alpha value is -0.750. The smallest absolute Gasteiger partial charge is 0.262 e. The van der Waals surface area contributed by atoms with E-state index >= 15 is 0 Å². The van der Waals surface area contributed by atoms with Crippen LogP contribution in [0.25, 0.3) is 0 Å². The molecule has 0 spiro atoms. The van der Waals surface area contributed by atoms with Crippen molar-refractivity contribution in [2.24, 2.45) is 0 Å². The van der Waals surface area contributed by atoms with E-state index in [1.807, 2.05) is 7.05 Å². The van der Waals surface area contributed by atoms with Crippen molar-refractivity contribution in [2.45, 2.75) is 37.3 Å². The van der Waals surface area contributed by atoms with Crippen molar-refractivity contribution >= 4 is 5.91 Å². The first-order chi connectivity index (χ1) is 8.43. The summed E-state index contributed by atoms with van der Waals surface area (Å²) < 4.78 is 27.1. The van der Waals surface area contributed by atoms with Crippen LogP contribution in [0.4, 0.5) is 8.78 Å². The molecule has 0 saturated carbocycles. The van der Waals surface area contributed by atoms with Crippen LogP contribution in [0, 0.1) is 0 Å². The number of likely N-dealkylation sites (N-methyl/N-ethyl adjacent to an activating group) is 1. The lowest BCUT2D eigenvalue weighted by atomic mass is 10.0. The summed E-state index contributed by atoms with van der Waals surface area (Å²) in [5, 5.41) is 2.50. The van der Waals surface area contributed by atoms with Crippen molar-refractivity contribution in [3.05, 3.63) is 0 Å². The van der Waals surface area contributed by atoms with Gasteiger partial charge in [0.15, 0.2) is 0 Å². The minimum absolute atomic E-state index is 0.108. The molecule has 6 heteroatoms. The van der Waals surface area contributed by atoms with Gasteiger partial charge in [0.2, 0.25) is 5.91 Å². The lowest BCUT2D eigenvalue weighted by molar-refractivity contribution is -0.126. The molecular formula is C12H21F2N3O. The summed E-state index contributed by atoms with van der Waals surface area (Å²) in [6.45, 7) is 1.54. The SMILES string of the molecule is CNC(=O)[C@H]1CC(F)(F)CN1C1CCN(C)CC1. The summed E-state index contributed by atoms with van der Waals surface area (Å²) >= 11 is 0. The molecule has 2 fully saturated rings. The highest BCUT2D eigenvalue weighted by molar-refractivity contribution is 5.82. The molecule has 104 valence electrons. The van der Waals surface area contributed by atoms with E-state index in [0.717, 1.165) is 25.9 Å². The molecule has 2 aliphatic rings. The molecule has 1 N–H and O–H groups in total. The third-order valence-electron chi connectivity index (χ3n) is 4.01. The number of hydrogen-bond donors (Lipinski definition) is 1. The Bertz CT molecular complexity index is 316. The second-order valence-electron chi connectivity index (χ2n) is 5.40. The molecule has 0 aliphatic carbocycles. The van der Waals surface area contributed by atoms with Crippen LogP contribution in [0.1, 0.15) is 19.3 Å². The third-order valence-corrected chi connectivity index (χ3v) is 4.01. The summed E-state index contributed by atoms with van der Waals surface area (Å²) in [7, 11) is 3.54. The van der Waals surface area contributed by atoms with Gasteiger partial charge in [-0.3, -0.25) is 9.69 Å². The third kappa shape index (κ3) is 2.80. The Balaban J connectivity index is 2.06. The maximum Gasteiger partial charge on any atom is 0.262 e. The Kier molecular flexibility index (Phi) is 3.87. The number of rotatable bonds is 2. The van der Waals surface area contributed by atoms with Crippen LogP contribution in [0.5, 0.6) is 0 Å². The summed E-state index contributed by atoms with van der Waals surface area (Å²) in [5.74, 6) is -3.02. The van der Waals surface area contributed by atoms with Crippen LogP contribution in [0.15, 0.2) is 0 Å². The van der Waals surface area contributed by atoms with Gasteiger partial charge in [-0.05, 0) is 33.0 Å². The number of nitrogens with zero attached hydrogens (tertiary/aromatic N) is 2. The second kappa shape index (κ2) is 5.09. The summed E-state index contributed by atoms with van der Waals surface area (Å²) in [6, 6.07) is -0.560. The van der Waals surface area contributed by atoms with Gasteiger partial charge in [0.1, 0.15) is 0 Å². The number of hydrogen-bond acceptors (Lipinski definition) is 3. The van der Waals surface area contributed by atoms with Crippen molar-refractivity contribution < 1.29 is 13.6 Å². The first-order valence-electron chi connectivity index (χ1n) is 6.46. The predicted octanol–water partition coefficient (Wildman–Crippen LogP) is 0.536. The molecule has 0 bridgehead atoms. The molecule has 0 unspecified atom stereocenters. The molecule has 1 atom stereocenters. The molecule has 2 aliphatic heterocycles. The zero-order chi connectivity index (χ0) is 13.3. The number of carbonyl (C=O) groups excluding carboxylic acids is 1. The minimum atomic E-state index is -2.74. The van der Waals surface area contributed by atoms with Crippen LogP contribution < -0.4 is 5.32 Å². The van der Waals surface area contributed by atoms with Crippen molar-refractivity contribution in [1.82, 2.24) is 15.1 Å². The van der Waals surface area contributed by atoms with Crippen molar-refractivity contribution in [3.8, 4) is 0 Å². The summed E-state index contributed by atoms with van der Waals surface area (Å²) in [4.78, 5) is 15.6. The van der Waals surface area contributed by atoms with Gasteiger partial charge in [-0.1, -0.05) is 0 Å². The fourth-order valence-electron chi connectivity index (χ4n) is 2.96. The van der Waals surface area contributed by atoms with Gasteiger partial charge in [-0.2, -0.15) is 0 Å². The van der Waals surface area contributed by atoms with Gasteiger partial charge in [0.05, 0.1) is 12.6 Å². The maximum atomic E-state index is 13.5. The number of amides is 1. The maximum absolute atomic E-state index is 13.5. The number of piperidine rings is 1. The molecule has 1 amide bonds. The van der Waals surface area contributed by atoms with E-state index in [1.54, 1.807) is 4.90 Å². The fraction of sp³-hybridized carbons (Fsp3) is 0.917. The molecule has 2 saturated heterocycles. The van der Waals surface area contributed by atoms with E-state index in [2.05, 4.69) is 10.2 Å². The Labute approximate surface area is 106 Å². The van der Waals surface area contributed by atoms with Gasteiger partial charge in [0, 0.05) is 19.5 Å². The number of alkyl halides is 2. The lowest BCUT2D eigenvalue weighted by Crippen LogP contribution is -2.50. The van der Waals surface area contributed by atoms with Gasteiger partial charge in [-0.15, -0.1) is 0 Å². The molecule has 18 heavy (non-hydrogen) atoms. The number of likely N-dealkylation sites (tertiary alicyclic amines) is 2. The molecule has 0 aromatic carbocycles. The lowest BCUT2D eigenvalue weighted by Gasteiger charge is -2.37. The predicted molar refractivity (Wildman–Crippen MR) is 64.6 cm³/mol. The number of carbonyl (C=O) groups is 1. The monoisotopic (exact) mass is 261 g/mol. The topological polar surface area (TPSA) is 35.6 Å². The second-order valence-corrected chi connectivity index (χ2v) is 5.40. The molecule has 2 rings (SSSR count). The van der Waals surface area contributed by atoms with Crippen molar-refractivity contribution in [3.63, 3.8) is 0 Å². The van der Waals surface area contributed by atoms with Gasteiger partial charge >= 0.3 is 0 Å². The normalized spacial score (nSPS) is 30.6. The highest BCUT2D eigenvalue weighted by Gasteiger charge is 2.50. The molecule has 0 radical (unpaired) electrons. The first kappa shape index (κ1) is 13.7. The van der Waals surface area contributed by atoms with Crippen molar-refractivity contribution in [1.29, 1.82) is 0 Å². The van der Waals surface area contributed by atoms with E-state index < -0.39 is 12.0 Å². The van der Waals surface area contributed by atoms with Crippen LogP contribution in [-0.2, 0) is 4.79 Å². The molecule has 2 heterocycles.